The molecule has 0 aromatic heterocycles. The second-order valence-electron chi connectivity index (χ2n) is 5.32. The molecule has 1 fully saturated rings. The molecule has 0 saturated heterocycles. The summed E-state index contributed by atoms with van der Waals surface area (Å²) in [6.45, 7) is 3.88. The van der Waals surface area contributed by atoms with E-state index in [1.54, 1.807) is 25.1 Å². The Bertz CT molecular complexity index is 464. The second kappa shape index (κ2) is 5.51. The van der Waals surface area contributed by atoms with E-state index in [9.17, 15) is 4.79 Å². The molecule has 1 aliphatic carbocycles. The summed E-state index contributed by atoms with van der Waals surface area (Å²) < 4.78 is 11.6. The Hall–Kier alpha value is -1.71. The lowest BCUT2D eigenvalue weighted by Crippen LogP contribution is -2.23. The van der Waals surface area contributed by atoms with Gasteiger partial charge in [0.2, 0.25) is 0 Å². The third kappa shape index (κ3) is 3.40. The van der Waals surface area contributed by atoms with Gasteiger partial charge in [-0.2, -0.15) is 0 Å². The van der Waals surface area contributed by atoms with Gasteiger partial charge < -0.3 is 14.4 Å². The minimum Gasteiger partial charge on any atom is -0.487 e. The predicted molar refractivity (Wildman–Crippen MR) is 73.9 cm³/mol. The molecule has 0 N–H and O–H groups in total. The maximum Gasteiger partial charge on any atom is 0.257 e. The minimum atomic E-state index is -0.0723. The first-order chi connectivity index (χ1) is 8.99. The third-order valence-electron chi connectivity index (χ3n) is 2.79. The average molecular weight is 263 g/mol. The van der Waals surface area contributed by atoms with Crippen LogP contribution in [0.2, 0.25) is 0 Å². The molecule has 1 saturated carbocycles. The Morgan fingerprint density at radius 3 is 2.53 bits per heavy atom. The van der Waals surface area contributed by atoms with Crippen LogP contribution in [0.25, 0.3) is 0 Å². The van der Waals surface area contributed by atoms with Gasteiger partial charge in [-0.3, -0.25) is 4.79 Å². The van der Waals surface area contributed by atoms with Crippen molar-refractivity contribution in [3.05, 3.63) is 23.8 Å². The number of rotatable bonds is 5. The summed E-state index contributed by atoms with van der Waals surface area (Å²) in [7, 11) is 3.46. The van der Waals surface area contributed by atoms with E-state index in [4.69, 9.17) is 9.47 Å². The lowest BCUT2D eigenvalue weighted by atomic mass is 10.1. The third-order valence-corrected chi connectivity index (χ3v) is 2.79. The van der Waals surface area contributed by atoms with Gasteiger partial charge in [0.1, 0.15) is 0 Å². The van der Waals surface area contributed by atoms with Crippen LogP contribution in [-0.2, 0) is 0 Å². The first-order valence-electron chi connectivity index (χ1n) is 6.67. The van der Waals surface area contributed by atoms with Crippen molar-refractivity contribution in [3.8, 4) is 11.5 Å². The van der Waals surface area contributed by atoms with Crippen LogP contribution in [-0.4, -0.2) is 37.1 Å². The Labute approximate surface area is 114 Å². The number of hydrogen-bond donors (Lipinski definition) is 0. The van der Waals surface area contributed by atoms with Crippen molar-refractivity contribution in [1.29, 1.82) is 0 Å². The van der Waals surface area contributed by atoms with E-state index >= 15 is 0 Å². The molecule has 4 heteroatoms. The number of para-hydroxylation sites is 1. The van der Waals surface area contributed by atoms with Crippen molar-refractivity contribution >= 4 is 5.91 Å². The molecule has 0 unspecified atom stereocenters. The van der Waals surface area contributed by atoms with Gasteiger partial charge in [-0.05, 0) is 38.8 Å². The average Bonchev–Trinajstić information content (AvgIpc) is 3.13. The monoisotopic (exact) mass is 263 g/mol. The van der Waals surface area contributed by atoms with Crippen molar-refractivity contribution in [2.24, 2.45) is 0 Å². The van der Waals surface area contributed by atoms with E-state index in [-0.39, 0.29) is 18.1 Å². The topological polar surface area (TPSA) is 38.8 Å². The summed E-state index contributed by atoms with van der Waals surface area (Å²) in [5.41, 5.74) is 0.553. The van der Waals surface area contributed by atoms with Crippen molar-refractivity contribution < 1.29 is 14.3 Å². The van der Waals surface area contributed by atoms with E-state index in [0.717, 1.165) is 12.8 Å². The lowest BCUT2D eigenvalue weighted by Gasteiger charge is -2.19. The highest BCUT2D eigenvalue weighted by molar-refractivity contribution is 5.97. The SMILES string of the molecule is CC(C)Oc1c(OC2CC2)cccc1C(=O)N(C)C. The second-order valence-corrected chi connectivity index (χ2v) is 5.32. The Morgan fingerprint density at radius 1 is 1.32 bits per heavy atom. The number of nitrogens with zero attached hydrogens (tertiary/aromatic N) is 1. The summed E-state index contributed by atoms with van der Waals surface area (Å²) in [6.07, 6.45) is 2.43. The highest BCUT2D eigenvalue weighted by atomic mass is 16.5. The molecule has 1 aliphatic rings. The standard InChI is InChI=1S/C15H21NO3/c1-10(2)18-14-12(15(17)16(3)4)6-5-7-13(14)19-11-8-9-11/h5-7,10-11H,8-9H2,1-4H3. The Balaban J connectivity index is 2.36. The zero-order chi connectivity index (χ0) is 14.0. The van der Waals surface area contributed by atoms with E-state index in [2.05, 4.69) is 0 Å². The molecule has 4 nitrogen and oxygen atoms in total. The summed E-state index contributed by atoms with van der Waals surface area (Å²) >= 11 is 0. The number of carbonyl (C=O) groups is 1. The molecular formula is C15H21NO3. The first-order valence-corrected chi connectivity index (χ1v) is 6.67. The van der Waals surface area contributed by atoms with Gasteiger partial charge in [-0.1, -0.05) is 6.07 Å². The van der Waals surface area contributed by atoms with E-state index in [1.165, 1.54) is 0 Å². The Morgan fingerprint density at radius 2 is 2.00 bits per heavy atom. The quantitative estimate of drug-likeness (QED) is 0.820. The fraction of sp³-hybridized carbons (Fsp3) is 0.533. The maximum atomic E-state index is 12.2. The van der Waals surface area contributed by atoms with Crippen LogP contribution in [0, 0.1) is 0 Å². The zero-order valence-electron chi connectivity index (χ0n) is 12.0. The summed E-state index contributed by atoms with van der Waals surface area (Å²) in [5.74, 6) is 1.16. The minimum absolute atomic E-state index is 0.00216. The largest absolute Gasteiger partial charge is 0.487 e. The fourth-order valence-electron chi connectivity index (χ4n) is 1.74. The number of hydrogen-bond acceptors (Lipinski definition) is 3. The fourth-order valence-corrected chi connectivity index (χ4v) is 1.74. The van der Waals surface area contributed by atoms with Crippen molar-refractivity contribution in [1.82, 2.24) is 4.90 Å². The molecule has 0 spiro atoms. The van der Waals surface area contributed by atoms with Gasteiger partial charge in [0.15, 0.2) is 11.5 Å². The van der Waals surface area contributed by atoms with Crippen molar-refractivity contribution in [2.75, 3.05) is 14.1 Å². The highest BCUT2D eigenvalue weighted by Gasteiger charge is 2.27. The van der Waals surface area contributed by atoms with E-state index < -0.39 is 0 Å². The molecule has 1 aromatic rings. The van der Waals surface area contributed by atoms with E-state index in [0.29, 0.717) is 17.1 Å². The first kappa shape index (κ1) is 13.7. The molecule has 0 bridgehead atoms. The highest BCUT2D eigenvalue weighted by Crippen LogP contribution is 2.37. The zero-order valence-corrected chi connectivity index (χ0v) is 12.0. The van der Waals surface area contributed by atoms with Gasteiger partial charge >= 0.3 is 0 Å². The maximum absolute atomic E-state index is 12.2. The lowest BCUT2D eigenvalue weighted by molar-refractivity contribution is 0.0820. The van der Waals surface area contributed by atoms with Crippen LogP contribution < -0.4 is 9.47 Å². The van der Waals surface area contributed by atoms with Crippen LogP contribution in [0.1, 0.15) is 37.0 Å². The molecule has 0 radical (unpaired) electrons. The molecular weight excluding hydrogens is 242 g/mol. The summed E-state index contributed by atoms with van der Waals surface area (Å²) in [5, 5.41) is 0. The predicted octanol–water partition coefficient (Wildman–Crippen LogP) is 2.72. The molecule has 19 heavy (non-hydrogen) atoms. The summed E-state index contributed by atoms with van der Waals surface area (Å²) in [4.78, 5) is 13.7. The van der Waals surface area contributed by atoms with E-state index in [1.807, 2.05) is 26.0 Å². The molecule has 0 aliphatic heterocycles. The molecule has 1 aromatic carbocycles. The van der Waals surface area contributed by atoms with Crippen molar-refractivity contribution in [3.63, 3.8) is 0 Å². The molecule has 0 atom stereocenters. The van der Waals surface area contributed by atoms with Crippen LogP contribution in [0.4, 0.5) is 0 Å². The van der Waals surface area contributed by atoms with Crippen LogP contribution in [0.15, 0.2) is 18.2 Å². The molecule has 0 heterocycles. The Kier molecular flexibility index (Phi) is 3.98. The van der Waals surface area contributed by atoms with Crippen LogP contribution in [0.5, 0.6) is 11.5 Å². The van der Waals surface area contributed by atoms with Crippen LogP contribution in [0.3, 0.4) is 0 Å². The molecule has 104 valence electrons. The van der Waals surface area contributed by atoms with Crippen molar-refractivity contribution in [2.45, 2.75) is 38.9 Å². The van der Waals surface area contributed by atoms with Gasteiger partial charge in [0.25, 0.3) is 5.91 Å². The number of ether oxygens (including phenoxy) is 2. The molecule has 2 rings (SSSR count). The summed E-state index contributed by atoms with van der Waals surface area (Å²) in [6, 6.07) is 5.48. The smallest absolute Gasteiger partial charge is 0.257 e. The normalized spacial score (nSPS) is 14.4. The molecule has 1 amide bonds. The number of carbonyl (C=O) groups excluding carboxylic acids is 1. The van der Waals surface area contributed by atoms with Gasteiger partial charge in [0.05, 0.1) is 17.8 Å². The van der Waals surface area contributed by atoms with Gasteiger partial charge in [0, 0.05) is 14.1 Å². The van der Waals surface area contributed by atoms with Gasteiger partial charge in [-0.25, -0.2) is 0 Å². The van der Waals surface area contributed by atoms with Crippen LogP contribution >= 0.6 is 0 Å². The van der Waals surface area contributed by atoms with Gasteiger partial charge in [-0.15, -0.1) is 0 Å². The number of amides is 1. The number of benzene rings is 1.